The van der Waals surface area contributed by atoms with Gasteiger partial charge in [-0.2, -0.15) is 5.10 Å². The Morgan fingerprint density at radius 3 is 2.57 bits per heavy atom. The summed E-state index contributed by atoms with van der Waals surface area (Å²) in [6.45, 7) is 8.77. The Kier molecular flexibility index (Phi) is 6.64. The van der Waals surface area contributed by atoms with Gasteiger partial charge in [0.25, 0.3) is 0 Å². The SMILES string of the molecule is COc1cc(CN2CCCC2)ccc1Nc1cc2c(cn1)cc(-c1cnn(C)c1)n2C(=O)OC(C)(C)C. The molecule has 1 aliphatic heterocycles. The number of anilines is 2. The second-order valence-electron chi connectivity index (χ2n) is 10.5. The Hall–Kier alpha value is -3.85. The summed E-state index contributed by atoms with van der Waals surface area (Å²) in [4.78, 5) is 20.4. The molecule has 5 rings (SSSR count). The van der Waals surface area contributed by atoms with Crippen molar-refractivity contribution in [2.45, 2.75) is 45.8 Å². The molecule has 9 nitrogen and oxygen atoms in total. The molecular formula is C28H34N6O3. The van der Waals surface area contributed by atoms with Crippen molar-refractivity contribution in [1.29, 1.82) is 0 Å². The van der Waals surface area contributed by atoms with Gasteiger partial charge in [-0.25, -0.2) is 14.3 Å². The Morgan fingerprint density at radius 2 is 1.89 bits per heavy atom. The number of nitrogens with zero attached hydrogens (tertiary/aromatic N) is 5. The van der Waals surface area contributed by atoms with Crippen molar-refractivity contribution in [1.82, 2.24) is 24.2 Å². The first-order valence-electron chi connectivity index (χ1n) is 12.6. The highest BCUT2D eigenvalue weighted by molar-refractivity contribution is 5.97. The van der Waals surface area contributed by atoms with Crippen LogP contribution in [-0.2, 0) is 18.3 Å². The summed E-state index contributed by atoms with van der Waals surface area (Å²) in [6, 6.07) is 10.00. The summed E-state index contributed by atoms with van der Waals surface area (Å²) in [5, 5.41) is 8.47. The van der Waals surface area contributed by atoms with E-state index in [0.29, 0.717) is 17.0 Å². The van der Waals surface area contributed by atoms with Gasteiger partial charge in [0.2, 0.25) is 0 Å². The number of pyridine rings is 1. The monoisotopic (exact) mass is 502 g/mol. The van der Waals surface area contributed by atoms with Gasteiger partial charge in [0.05, 0.1) is 30.2 Å². The van der Waals surface area contributed by atoms with E-state index in [4.69, 9.17) is 9.47 Å². The average molecular weight is 503 g/mol. The predicted molar refractivity (Wildman–Crippen MR) is 144 cm³/mol. The average Bonchev–Trinajstić information content (AvgIpc) is 3.58. The fourth-order valence-corrected chi connectivity index (χ4v) is 4.71. The summed E-state index contributed by atoms with van der Waals surface area (Å²) >= 11 is 0. The molecule has 0 bridgehead atoms. The zero-order valence-electron chi connectivity index (χ0n) is 22.1. The van der Waals surface area contributed by atoms with Crippen LogP contribution in [0, 0.1) is 0 Å². The van der Waals surface area contributed by atoms with Crippen molar-refractivity contribution >= 4 is 28.5 Å². The lowest BCUT2D eigenvalue weighted by atomic mass is 10.1. The first kappa shape index (κ1) is 24.8. The molecule has 0 atom stereocenters. The van der Waals surface area contributed by atoms with E-state index >= 15 is 0 Å². The van der Waals surface area contributed by atoms with Gasteiger partial charge in [0, 0.05) is 43.0 Å². The molecule has 1 fully saturated rings. The van der Waals surface area contributed by atoms with Gasteiger partial charge in [0.1, 0.15) is 17.2 Å². The molecular weight excluding hydrogens is 468 g/mol. The lowest BCUT2D eigenvalue weighted by Crippen LogP contribution is -2.27. The van der Waals surface area contributed by atoms with Gasteiger partial charge < -0.3 is 14.8 Å². The molecule has 9 heteroatoms. The number of fused-ring (bicyclic) bond motifs is 1. The van der Waals surface area contributed by atoms with Crippen LogP contribution >= 0.6 is 0 Å². The van der Waals surface area contributed by atoms with E-state index in [2.05, 4.69) is 32.4 Å². The van der Waals surface area contributed by atoms with Gasteiger partial charge in [0.15, 0.2) is 0 Å². The number of benzene rings is 1. The fourth-order valence-electron chi connectivity index (χ4n) is 4.71. The molecule has 0 aliphatic carbocycles. The molecule has 0 unspecified atom stereocenters. The third-order valence-corrected chi connectivity index (χ3v) is 6.40. The molecule has 1 N–H and O–H groups in total. The minimum atomic E-state index is -0.641. The maximum absolute atomic E-state index is 13.3. The van der Waals surface area contributed by atoms with E-state index in [9.17, 15) is 4.79 Å². The van der Waals surface area contributed by atoms with Crippen LogP contribution in [0.15, 0.2) is 48.9 Å². The second kappa shape index (κ2) is 9.89. The standard InChI is InChI=1S/C28H34N6O3/c1-28(2,3)37-27(35)34-23(21-16-30-32(4)18-21)13-20-15-29-26(14-24(20)34)31-22-9-8-19(12-25(22)36-5)17-33-10-6-7-11-33/h8-9,12-16,18H,6-7,10-11,17H2,1-5H3,(H,29,31). The Balaban J connectivity index is 1.50. The topological polar surface area (TPSA) is 86.4 Å². The van der Waals surface area contributed by atoms with E-state index in [-0.39, 0.29) is 0 Å². The number of ether oxygens (including phenoxy) is 2. The number of aryl methyl sites for hydroxylation is 1. The molecule has 0 amide bonds. The summed E-state index contributed by atoms with van der Waals surface area (Å²) < 4.78 is 14.7. The van der Waals surface area contributed by atoms with Crippen LogP contribution in [0.2, 0.25) is 0 Å². The van der Waals surface area contributed by atoms with Crippen LogP contribution < -0.4 is 10.1 Å². The van der Waals surface area contributed by atoms with Crippen LogP contribution in [0.5, 0.6) is 5.75 Å². The predicted octanol–water partition coefficient (Wildman–Crippen LogP) is 5.57. The van der Waals surface area contributed by atoms with Crippen molar-refractivity contribution in [3.8, 4) is 17.0 Å². The number of hydrogen-bond donors (Lipinski definition) is 1. The highest BCUT2D eigenvalue weighted by Gasteiger charge is 2.24. The maximum Gasteiger partial charge on any atom is 0.419 e. The van der Waals surface area contributed by atoms with Gasteiger partial charge in [-0.3, -0.25) is 9.58 Å². The second-order valence-corrected chi connectivity index (χ2v) is 10.5. The highest BCUT2D eigenvalue weighted by Crippen LogP contribution is 2.33. The summed E-state index contributed by atoms with van der Waals surface area (Å²) in [5.41, 5.74) is 3.58. The zero-order chi connectivity index (χ0) is 26.2. The molecule has 0 saturated carbocycles. The van der Waals surface area contributed by atoms with Gasteiger partial charge in [-0.05, 0) is 70.5 Å². The largest absolute Gasteiger partial charge is 0.495 e. The summed E-state index contributed by atoms with van der Waals surface area (Å²) in [5.74, 6) is 1.34. The number of carbonyl (C=O) groups excluding carboxylic acids is 1. The zero-order valence-corrected chi connectivity index (χ0v) is 22.1. The molecule has 1 aliphatic rings. The number of carbonyl (C=O) groups is 1. The Labute approximate surface area is 217 Å². The first-order chi connectivity index (χ1) is 17.7. The van der Waals surface area contributed by atoms with E-state index < -0.39 is 11.7 Å². The number of methoxy groups -OCH3 is 1. The molecule has 1 saturated heterocycles. The van der Waals surface area contributed by atoms with Crippen molar-refractivity contribution in [2.75, 3.05) is 25.5 Å². The van der Waals surface area contributed by atoms with E-state index in [1.165, 1.54) is 18.4 Å². The summed E-state index contributed by atoms with van der Waals surface area (Å²) in [6.07, 6.45) is 7.43. The fraction of sp³-hybridized carbons (Fsp3) is 0.393. The molecule has 3 aromatic heterocycles. The van der Waals surface area contributed by atoms with Crippen LogP contribution in [0.25, 0.3) is 22.2 Å². The van der Waals surface area contributed by atoms with Crippen molar-refractivity contribution < 1.29 is 14.3 Å². The van der Waals surface area contributed by atoms with Gasteiger partial charge in [-0.1, -0.05) is 6.07 Å². The molecule has 194 valence electrons. The molecule has 37 heavy (non-hydrogen) atoms. The minimum Gasteiger partial charge on any atom is -0.495 e. The Bertz CT molecular complexity index is 1430. The maximum atomic E-state index is 13.3. The van der Waals surface area contributed by atoms with Crippen LogP contribution in [0.3, 0.4) is 0 Å². The number of nitrogens with one attached hydrogen (secondary N) is 1. The van der Waals surface area contributed by atoms with Crippen molar-refractivity contribution in [3.05, 3.63) is 54.5 Å². The minimum absolute atomic E-state index is 0.456. The molecule has 0 spiro atoms. The molecule has 1 aromatic carbocycles. The first-order valence-corrected chi connectivity index (χ1v) is 12.6. The molecule has 4 heterocycles. The van der Waals surface area contributed by atoms with Crippen LogP contribution in [0.4, 0.5) is 16.3 Å². The highest BCUT2D eigenvalue weighted by atomic mass is 16.6. The van der Waals surface area contributed by atoms with Crippen LogP contribution in [0.1, 0.15) is 39.2 Å². The molecule has 0 radical (unpaired) electrons. The third-order valence-electron chi connectivity index (χ3n) is 6.40. The van der Waals surface area contributed by atoms with E-state index in [1.54, 1.807) is 28.8 Å². The summed E-state index contributed by atoms with van der Waals surface area (Å²) in [7, 11) is 3.52. The lowest BCUT2D eigenvalue weighted by Gasteiger charge is -2.21. The number of rotatable bonds is 6. The van der Waals surface area contributed by atoms with Gasteiger partial charge >= 0.3 is 6.09 Å². The lowest BCUT2D eigenvalue weighted by molar-refractivity contribution is 0.0547. The van der Waals surface area contributed by atoms with Crippen molar-refractivity contribution in [3.63, 3.8) is 0 Å². The van der Waals surface area contributed by atoms with E-state index in [1.807, 2.05) is 52.2 Å². The number of hydrogen-bond acceptors (Lipinski definition) is 7. The van der Waals surface area contributed by atoms with E-state index in [0.717, 1.165) is 42.0 Å². The normalized spacial score (nSPS) is 14.3. The Morgan fingerprint density at radius 1 is 1.11 bits per heavy atom. The van der Waals surface area contributed by atoms with Crippen molar-refractivity contribution in [2.24, 2.45) is 7.05 Å². The quantitative estimate of drug-likeness (QED) is 0.369. The smallest absolute Gasteiger partial charge is 0.419 e. The third kappa shape index (κ3) is 5.46. The number of aromatic nitrogens is 4. The van der Waals surface area contributed by atoms with Crippen LogP contribution in [-0.4, -0.2) is 56.1 Å². The van der Waals surface area contributed by atoms with Gasteiger partial charge in [-0.15, -0.1) is 0 Å². The number of likely N-dealkylation sites (tertiary alicyclic amines) is 1. The molecule has 4 aromatic rings.